The molecule has 0 saturated carbocycles. The van der Waals surface area contributed by atoms with Crippen molar-refractivity contribution in [3.8, 4) is 11.5 Å². The molecule has 2 rings (SSSR count). The molecule has 0 aliphatic rings. The number of rotatable bonds is 4. The van der Waals surface area contributed by atoms with Gasteiger partial charge in [-0.15, -0.1) is 0 Å². The van der Waals surface area contributed by atoms with Crippen LogP contribution in [0.3, 0.4) is 0 Å². The van der Waals surface area contributed by atoms with E-state index in [0.717, 1.165) is 35.6 Å². The van der Waals surface area contributed by atoms with Crippen molar-refractivity contribution in [1.82, 2.24) is 20.3 Å². The second-order valence-corrected chi connectivity index (χ2v) is 4.21. The van der Waals surface area contributed by atoms with Crippen LogP contribution in [0, 0.1) is 6.92 Å². The quantitative estimate of drug-likeness (QED) is 0.892. The average Bonchev–Trinajstić information content (AvgIpc) is 2.39. The van der Waals surface area contributed by atoms with Gasteiger partial charge in [0.2, 0.25) is 0 Å². The van der Waals surface area contributed by atoms with Gasteiger partial charge in [-0.1, -0.05) is 13.0 Å². The van der Waals surface area contributed by atoms with Gasteiger partial charge in [0.25, 0.3) is 0 Å². The van der Waals surface area contributed by atoms with E-state index in [9.17, 15) is 0 Å². The molecule has 18 heavy (non-hydrogen) atoms. The molecule has 0 atom stereocenters. The Balaban J connectivity index is 2.41. The maximum Gasteiger partial charge on any atom is 0.178 e. The van der Waals surface area contributed by atoms with Crippen LogP contribution in [-0.2, 0) is 13.0 Å². The summed E-state index contributed by atoms with van der Waals surface area (Å²) in [5.41, 5.74) is 4.04. The van der Waals surface area contributed by atoms with Gasteiger partial charge >= 0.3 is 0 Å². The Hall–Kier alpha value is -1.81. The predicted molar refractivity (Wildman–Crippen MR) is 72.1 cm³/mol. The summed E-state index contributed by atoms with van der Waals surface area (Å²) in [5, 5.41) is 3.13. The maximum atomic E-state index is 4.61. The van der Waals surface area contributed by atoms with Crippen LogP contribution in [-0.4, -0.2) is 22.0 Å². The van der Waals surface area contributed by atoms with Gasteiger partial charge in [-0.05, 0) is 32.5 Å². The Morgan fingerprint density at radius 1 is 1.22 bits per heavy atom. The minimum absolute atomic E-state index is 0.704. The monoisotopic (exact) mass is 242 g/mol. The highest BCUT2D eigenvalue weighted by atomic mass is 14.9. The van der Waals surface area contributed by atoms with Crippen LogP contribution in [0.15, 0.2) is 24.4 Å². The van der Waals surface area contributed by atoms with Crippen LogP contribution in [0.25, 0.3) is 11.5 Å². The van der Waals surface area contributed by atoms with E-state index < -0.39 is 0 Å². The molecule has 1 N–H and O–H groups in total. The summed E-state index contributed by atoms with van der Waals surface area (Å²) in [6.45, 7) is 4.87. The minimum Gasteiger partial charge on any atom is -0.316 e. The number of hydrogen-bond donors (Lipinski definition) is 1. The van der Waals surface area contributed by atoms with Crippen molar-refractivity contribution in [2.24, 2.45) is 0 Å². The van der Waals surface area contributed by atoms with E-state index in [-0.39, 0.29) is 0 Å². The molecule has 2 aromatic heterocycles. The summed E-state index contributed by atoms with van der Waals surface area (Å²) >= 11 is 0. The zero-order chi connectivity index (χ0) is 13.0. The Morgan fingerprint density at radius 2 is 2.06 bits per heavy atom. The van der Waals surface area contributed by atoms with Gasteiger partial charge in [0, 0.05) is 29.7 Å². The number of aryl methyl sites for hydroxylation is 2. The highest BCUT2D eigenvalue weighted by Crippen LogP contribution is 2.15. The fourth-order valence-electron chi connectivity index (χ4n) is 1.88. The molecule has 0 unspecified atom stereocenters. The molecule has 4 nitrogen and oxygen atoms in total. The van der Waals surface area contributed by atoms with Crippen LogP contribution >= 0.6 is 0 Å². The smallest absolute Gasteiger partial charge is 0.178 e. The standard InChI is InChI=1S/C14H18N4/c1-4-12-11(8-15-3)9-16-14(18-12)13-7-5-6-10(2)17-13/h5-7,9,15H,4,8H2,1-3H3. The third kappa shape index (κ3) is 2.71. The summed E-state index contributed by atoms with van der Waals surface area (Å²) in [6.07, 6.45) is 2.79. The van der Waals surface area contributed by atoms with E-state index >= 15 is 0 Å². The third-order valence-corrected chi connectivity index (χ3v) is 2.77. The highest BCUT2D eigenvalue weighted by molar-refractivity contribution is 5.49. The Kier molecular flexibility index (Phi) is 3.99. The molecule has 0 aromatic carbocycles. The van der Waals surface area contributed by atoms with Crippen LogP contribution < -0.4 is 5.32 Å². The van der Waals surface area contributed by atoms with Crippen LogP contribution in [0.4, 0.5) is 0 Å². The fourth-order valence-corrected chi connectivity index (χ4v) is 1.88. The molecule has 94 valence electrons. The summed E-state index contributed by atoms with van der Waals surface area (Å²) in [4.78, 5) is 13.5. The normalized spacial score (nSPS) is 10.6. The molecule has 2 heterocycles. The Bertz CT molecular complexity index is 537. The molecule has 0 amide bonds. The van der Waals surface area contributed by atoms with E-state index in [2.05, 4.69) is 27.2 Å². The van der Waals surface area contributed by atoms with Gasteiger partial charge in [0.1, 0.15) is 5.69 Å². The van der Waals surface area contributed by atoms with Crippen molar-refractivity contribution in [2.75, 3.05) is 7.05 Å². The van der Waals surface area contributed by atoms with Crippen molar-refractivity contribution in [3.05, 3.63) is 41.3 Å². The van der Waals surface area contributed by atoms with Crippen molar-refractivity contribution in [2.45, 2.75) is 26.8 Å². The average molecular weight is 242 g/mol. The van der Waals surface area contributed by atoms with Crippen LogP contribution in [0.2, 0.25) is 0 Å². The van der Waals surface area contributed by atoms with Gasteiger partial charge in [-0.25, -0.2) is 15.0 Å². The summed E-state index contributed by atoms with van der Waals surface area (Å²) in [6, 6.07) is 5.90. The molecule has 0 bridgehead atoms. The fraction of sp³-hybridized carbons (Fsp3) is 0.357. The molecule has 0 aliphatic heterocycles. The van der Waals surface area contributed by atoms with Crippen LogP contribution in [0.1, 0.15) is 23.9 Å². The van der Waals surface area contributed by atoms with Gasteiger partial charge < -0.3 is 5.32 Å². The maximum absolute atomic E-state index is 4.61. The molecule has 0 aliphatic carbocycles. The lowest BCUT2D eigenvalue weighted by Gasteiger charge is -2.08. The van der Waals surface area contributed by atoms with Crippen molar-refractivity contribution in [1.29, 1.82) is 0 Å². The topological polar surface area (TPSA) is 50.7 Å². The third-order valence-electron chi connectivity index (χ3n) is 2.77. The molecular formula is C14H18N4. The first-order valence-corrected chi connectivity index (χ1v) is 6.18. The van der Waals surface area contributed by atoms with E-state index in [0.29, 0.717) is 5.82 Å². The zero-order valence-corrected chi connectivity index (χ0v) is 11.1. The van der Waals surface area contributed by atoms with E-state index in [4.69, 9.17) is 0 Å². The van der Waals surface area contributed by atoms with Gasteiger partial charge in [0.05, 0.1) is 0 Å². The lowest BCUT2D eigenvalue weighted by atomic mass is 10.2. The lowest BCUT2D eigenvalue weighted by Crippen LogP contribution is -2.10. The van der Waals surface area contributed by atoms with Gasteiger partial charge in [-0.2, -0.15) is 0 Å². The van der Waals surface area contributed by atoms with E-state index in [1.165, 1.54) is 0 Å². The number of nitrogens with zero attached hydrogens (tertiary/aromatic N) is 3. The van der Waals surface area contributed by atoms with Crippen LogP contribution in [0.5, 0.6) is 0 Å². The SMILES string of the molecule is CCc1nc(-c2cccc(C)n2)ncc1CNC. The molecule has 0 spiro atoms. The molecule has 0 fully saturated rings. The largest absolute Gasteiger partial charge is 0.316 e. The number of pyridine rings is 1. The van der Waals surface area contributed by atoms with E-state index in [1.54, 1.807) is 0 Å². The van der Waals surface area contributed by atoms with Crippen molar-refractivity contribution >= 4 is 0 Å². The zero-order valence-electron chi connectivity index (χ0n) is 11.1. The number of hydrogen-bond acceptors (Lipinski definition) is 4. The summed E-state index contributed by atoms with van der Waals surface area (Å²) in [7, 11) is 1.93. The molecule has 0 saturated heterocycles. The number of aromatic nitrogens is 3. The lowest BCUT2D eigenvalue weighted by molar-refractivity contribution is 0.786. The molecule has 2 aromatic rings. The van der Waals surface area contributed by atoms with Crippen molar-refractivity contribution < 1.29 is 0 Å². The Labute approximate surface area is 108 Å². The summed E-state index contributed by atoms with van der Waals surface area (Å²) < 4.78 is 0. The molecule has 4 heteroatoms. The van der Waals surface area contributed by atoms with Gasteiger partial charge in [-0.3, -0.25) is 0 Å². The second kappa shape index (κ2) is 5.69. The molecular weight excluding hydrogens is 224 g/mol. The highest BCUT2D eigenvalue weighted by Gasteiger charge is 2.08. The first-order chi connectivity index (χ1) is 8.74. The molecule has 0 radical (unpaired) electrons. The van der Waals surface area contributed by atoms with Crippen molar-refractivity contribution in [3.63, 3.8) is 0 Å². The number of nitrogens with one attached hydrogen (secondary N) is 1. The van der Waals surface area contributed by atoms with E-state index in [1.807, 2.05) is 38.4 Å². The first kappa shape index (κ1) is 12.6. The second-order valence-electron chi connectivity index (χ2n) is 4.21. The van der Waals surface area contributed by atoms with Gasteiger partial charge in [0.15, 0.2) is 5.82 Å². The first-order valence-electron chi connectivity index (χ1n) is 6.18. The summed E-state index contributed by atoms with van der Waals surface area (Å²) in [5.74, 6) is 0.704. The predicted octanol–water partition coefficient (Wildman–Crippen LogP) is 2.13. The minimum atomic E-state index is 0.704. The Morgan fingerprint density at radius 3 is 2.72 bits per heavy atom.